The average molecular weight is 440 g/mol. The van der Waals surface area contributed by atoms with Gasteiger partial charge in [-0.25, -0.2) is 0 Å². The van der Waals surface area contributed by atoms with Crippen molar-refractivity contribution in [2.75, 3.05) is 4.90 Å². The lowest BCUT2D eigenvalue weighted by Crippen LogP contribution is -2.29. The van der Waals surface area contributed by atoms with E-state index in [0.29, 0.717) is 12.0 Å². The minimum absolute atomic E-state index is 0.0480. The van der Waals surface area contributed by atoms with Crippen molar-refractivity contribution in [3.63, 3.8) is 0 Å². The predicted molar refractivity (Wildman–Crippen MR) is 125 cm³/mol. The van der Waals surface area contributed by atoms with Crippen LogP contribution in [0.4, 0.5) is 11.4 Å². The summed E-state index contributed by atoms with van der Waals surface area (Å²) >= 11 is 3.70. The molecule has 6 rings (SSSR count). The van der Waals surface area contributed by atoms with E-state index in [1.807, 2.05) is 0 Å². The Labute approximate surface area is 180 Å². The van der Waals surface area contributed by atoms with Gasteiger partial charge in [-0.05, 0) is 52.1 Å². The van der Waals surface area contributed by atoms with Gasteiger partial charge in [0.25, 0.3) is 0 Å². The molecule has 0 radical (unpaired) electrons. The highest BCUT2D eigenvalue weighted by atomic mass is 79.9. The smallest absolute Gasteiger partial charge is 0.0640 e. The van der Waals surface area contributed by atoms with Crippen molar-refractivity contribution in [2.45, 2.75) is 31.2 Å². The number of halogens is 1. The number of allylic oxidation sites excluding steroid dienone is 2. The number of hydrogen-bond donors (Lipinski definition) is 0. The Bertz CT molecular complexity index is 1220. The molecule has 2 unspecified atom stereocenters. The molecular weight excluding hydrogens is 418 g/mol. The summed E-state index contributed by atoms with van der Waals surface area (Å²) in [4.78, 5) is 2.51. The van der Waals surface area contributed by atoms with E-state index >= 15 is 0 Å². The highest BCUT2D eigenvalue weighted by molar-refractivity contribution is 9.11. The summed E-state index contributed by atoms with van der Waals surface area (Å²) in [6, 6.07) is 25.1. The normalized spacial score (nSPS) is 22.6. The van der Waals surface area contributed by atoms with E-state index in [9.17, 15) is 0 Å². The van der Waals surface area contributed by atoms with Crippen molar-refractivity contribution in [3.8, 4) is 11.1 Å². The zero-order valence-corrected chi connectivity index (χ0v) is 18.1. The first-order valence-corrected chi connectivity index (χ1v) is 11.0. The zero-order chi connectivity index (χ0) is 19.8. The maximum atomic E-state index is 3.70. The van der Waals surface area contributed by atoms with Crippen LogP contribution in [0.15, 0.2) is 89.4 Å². The average Bonchev–Trinajstić information content (AvgIpc) is 3.17. The van der Waals surface area contributed by atoms with Crippen LogP contribution in [0.3, 0.4) is 0 Å². The minimum Gasteiger partial charge on any atom is -0.333 e. The second-order valence-electron chi connectivity index (χ2n) is 8.76. The summed E-state index contributed by atoms with van der Waals surface area (Å²) in [5.41, 5.74) is 9.64. The number of hydrogen-bond acceptors (Lipinski definition) is 1. The van der Waals surface area contributed by atoms with Crippen LogP contribution in [0.25, 0.3) is 11.1 Å². The molecule has 3 aromatic carbocycles. The molecule has 2 aliphatic carbocycles. The van der Waals surface area contributed by atoms with Crippen LogP contribution in [-0.4, -0.2) is 6.04 Å². The van der Waals surface area contributed by atoms with Gasteiger partial charge in [0.1, 0.15) is 0 Å². The van der Waals surface area contributed by atoms with Crippen LogP contribution in [0, 0.1) is 0 Å². The van der Waals surface area contributed by atoms with E-state index in [-0.39, 0.29) is 5.41 Å². The molecule has 1 nitrogen and oxygen atoms in total. The number of anilines is 2. The standard InChI is InChI=1S/C27H22BrN/c1-27(2)23-9-5-3-7-19(23)22-16-18(12-14-24(22)27)29-25-10-6-4-8-20(25)21-13-11-17(28)15-26(21)29/h3-16,21,26H,1-2H3. The molecule has 142 valence electrons. The first-order chi connectivity index (χ1) is 14.1. The van der Waals surface area contributed by atoms with Crippen LogP contribution < -0.4 is 4.90 Å². The third kappa shape index (κ3) is 2.33. The summed E-state index contributed by atoms with van der Waals surface area (Å²) in [5.74, 6) is 0.393. The van der Waals surface area contributed by atoms with E-state index in [0.717, 1.165) is 4.48 Å². The molecule has 0 bridgehead atoms. The van der Waals surface area contributed by atoms with E-state index in [1.54, 1.807) is 0 Å². The highest BCUT2D eigenvalue weighted by Crippen LogP contribution is 2.53. The molecule has 0 saturated carbocycles. The quantitative estimate of drug-likeness (QED) is 0.380. The topological polar surface area (TPSA) is 3.24 Å². The van der Waals surface area contributed by atoms with Crippen molar-refractivity contribution >= 4 is 27.3 Å². The molecule has 0 amide bonds. The first-order valence-electron chi connectivity index (χ1n) is 10.2. The van der Waals surface area contributed by atoms with E-state index in [1.165, 1.54) is 39.2 Å². The Kier molecular flexibility index (Phi) is 3.56. The summed E-state index contributed by atoms with van der Waals surface area (Å²) in [6.45, 7) is 4.68. The van der Waals surface area contributed by atoms with Gasteiger partial charge >= 0.3 is 0 Å². The summed E-state index contributed by atoms with van der Waals surface area (Å²) in [5, 5.41) is 0. The maximum Gasteiger partial charge on any atom is 0.0640 e. The van der Waals surface area contributed by atoms with Crippen LogP contribution in [-0.2, 0) is 5.41 Å². The molecular formula is C27H22BrN. The number of rotatable bonds is 1. The Hall–Kier alpha value is -2.58. The third-order valence-corrected chi connectivity index (χ3v) is 7.39. The van der Waals surface area contributed by atoms with Crippen LogP contribution in [0.5, 0.6) is 0 Å². The van der Waals surface area contributed by atoms with Crippen LogP contribution >= 0.6 is 15.9 Å². The fourth-order valence-electron chi connectivity index (χ4n) is 5.47. The van der Waals surface area contributed by atoms with Gasteiger partial charge in [-0.3, -0.25) is 0 Å². The fraction of sp³-hybridized carbons (Fsp3) is 0.185. The molecule has 3 aromatic rings. The third-order valence-electron chi connectivity index (χ3n) is 6.86. The molecule has 2 atom stereocenters. The van der Waals surface area contributed by atoms with Gasteiger partial charge in [-0.1, -0.05) is 90.5 Å². The highest BCUT2D eigenvalue weighted by Gasteiger charge is 2.40. The lowest BCUT2D eigenvalue weighted by Gasteiger charge is -2.30. The van der Waals surface area contributed by atoms with Gasteiger partial charge in [-0.15, -0.1) is 0 Å². The monoisotopic (exact) mass is 439 g/mol. The Morgan fingerprint density at radius 3 is 2.52 bits per heavy atom. The molecule has 0 aromatic heterocycles. The van der Waals surface area contributed by atoms with E-state index < -0.39 is 0 Å². The molecule has 3 aliphatic rings. The Balaban J connectivity index is 1.55. The molecule has 1 heterocycles. The van der Waals surface area contributed by atoms with Crippen molar-refractivity contribution in [2.24, 2.45) is 0 Å². The molecule has 1 aliphatic heterocycles. The van der Waals surface area contributed by atoms with Gasteiger partial charge in [0.05, 0.1) is 6.04 Å². The molecule has 0 N–H and O–H groups in total. The van der Waals surface area contributed by atoms with E-state index in [2.05, 4.69) is 120 Å². The van der Waals surface area contributed by atoms with Crippen LogP contribution in [0.2, 0.25) is 0 Å². The maximum absolute atomic E-state index is 3.70. The predicted octanol–water partition coefficient (Wildman–Crippen LogP) is 7.45. The SMILES string of the molecule is CC1(C)c2ccccc2-c2cc(N3c4ccccc4C4C=CC(Br)=CC43)ccc21. The molecule has 0 spiro atoms. The fourth-order valence-corrected chi connectivity index (χ4v) is 5.90. The second kappa shape index (κ2) is 5.96. The molecule has 29 heavy (non-hydrogen) atoms. The molecule has 0 saturated heterocycles. The van der Waals surface area contributed by atoms with Crippen molar-refractivity contribution in [1.82, 2.24) is 0 Å². The number of fused-ring (bicyclic) bond motifs is 6. The first kappa shape index (κ1) is 17.3. The number of benzene rings is 3. The van der Waals surface area contributed by atoms with Gasteiger partial charge in [0.15, 0.2) is 0 Å². The van der Waals surface area contributed by atoms with Gasteiger partial charge in [-0.2, -0.15) is 0 Å². The zero-order valence-electron chi connectivity index (χ0n) is 16.6. The Morgan fingerprint density at radius 2 is 1.62 bits per heavy atom. The van der Waals surface area contributed by atoms with Gasteiger partial charge < -0.3 is 4.90 Å². The van der Waals surface area contributed by atoms with Crippen molar-refractivity contribution < 1.29 is 0 Å². The lowest BCUT2D eigenvalue weighted by molar-refractivity contribution is 0.660. The van der Waals surface area contributed by atoms with Crippen molar-refractivity contribution in [1.29, 1.82) is 0 Å². The second-order valence-corrected chi connectivity index (χ2v) is 9.67. The van der Waals surface area contributed by atoms with Crippen molar-refractivity contribution in [3.05, 3.63) is 106 Å². The molecule has 0 fully saturated rings. The van der Waals surface area contributed by atoms with Gasteiger partial charge in [0, 0.05) is 27.2 Å². The summed E-state index contributed by atoms with van der Waals surface area (Å²) in [7, 11) is 0. The minimum atomic E-state index is 0.0480. The Morgan fingerprint density at radius 1 is 0.862 bits per heavy atom. The van der Waals surface area contributed by atoms with Crippen LogP contribution in [0.1, 0.15) is 36.5 Å². The number of nitrogens with zero attached hydrogens (tertiary/aromatic N) is 1. The van der Waals surface area contributed by atoms with Gasteiger partial charge in [0.2, 0.25) is 0 Å². The van der Waals surface area contributed by atoms with E-state index in [4.69, 9.17) is 0 Å². The number of para-hydroxylation sites is 1. The summed E-state index contributed by atoms with van der Waals surface area (Å²) < 4.78 is 1.16. The summed E-state index contributed by atoms with van der Waals surface area (Å²) in [6.07, 6.45) is 6.86. The lowest BCUT2D eigenvalue weighted by atomic mass is 9.82. The molecule has 2 heteroatoms. The largest absolute Gasteiger partial charge is 0.333 e.